The molecule has 26 heavy (non-hydrogen) atoms. The van der Waals surface area contributed by atoms with Crippen molar-refractivity contribution in [2.75, 3.05) is 12.3 Å². The van der Waals surface area contributed by atoms with Crippen molar-refractivity contribution in [3.8, 4) is 0 Å². The summed E-state index contributed by atoms with van der Waals surface area (Å²) in [7, 11) is 0. The first kappa shape index (κ1) is 25.1. The van der Waals surface area contributed by atoms with Crippen LogP contribution in [0.1, 0.15) is 38.4 Å². The molecule has 0 fully saturated rings. The van der Waals surface area contributed by atoms with Crippen molar-refractivity contribution < 1.29 is 4.79 Å². The van der Waals surface area contributed by atoms with Gasteiger partial charge in [0, 0.05) is 30.2 Å². The van der Waals surface area contributed by atoms with Crippen LogP contribution in [0.3, 0.4) is 0 Å². The zero-order valence-electron chi connectivity index (χ0n) is 15.8. The third-order valence-corrected chi connectivity index (χ3v) is 4.85. The molecule has 0 saturated carbocycles. The summed E-state index contributed by atoms with van der Waals surface area (Å²) in [5, 5.41) is 3.08. The van der Waals surface area contributed by atoms with E-state index >= 15 is 0 Å². The number of aromatic nitrogens is 2. The molecule has 0 radical (unpaired) electrons. The smallest absolute Gasteiger partial charge is 0.230 e. The van der Waals surface area contributed by atoms with Crippen molar-refractivity contribution in [2.45, 2.75) is 45.4 Å². The number of nitrogens with zero attached hydrogens (tertiary/aromatic N) is 2. The average molecular weight is 421 g/mol. The van der Waals surface area contributed by atoms with Gasteiger partial charge in [-0.05, 0) is 37.8 Å². The Morgan fingerprint density at radius 3 is 2.65 bits per heavy atom. The van der Waals surface area contributed by atoms with Crippen molar-refractivity contribution in [2.24, 2.45) is 11.7 Å². The van der Waals surface area contributed by atoms with Crippen LogP contribution >= 0.6 is 36.6 Å². The standard InChI is InChI=1S/C18H28N4OS.2ClH/c1-13(2)7-18(4,12-19)21-17(23)11-24-10-15-9-22-8-14(3)5-6-16(22)20-15;;/h5-6,8-9,13H,7,10-12,19H2,1-4H3,(H,21,23);2*1H. The number of nitrogens with two attached hydrogens (primary N) is 1. The Labute approximate surface area is 172 Å². The molecule has 1 unspecified atom stereocenters. The highest BCUT2D eigenvalue weighted by atomic mass is 35.5. The van der Waals surface area contributed by atoms with Crippen LogP contribution in [-0.4, -0.2) is 33.1 Å². The summed E-state index contributed by atoms with van der Waals surface area (Å²) in [5.41, 5.74) is 8.64. The Hall–Kier alpha value is -0.950. The molecule has 0 aliphatic heterocycles. The van der Waals surface area contributed by atoms with Gasteiger partial charge in [0.25, 0.3) is 0 Å². The Bertz CT molecular complexity index is 708. The number of nitrogens with one attached hydrogen (secondary N) is 1. The topological polar surface area (TPSA) is 72.4 Å². The molecule has 1 atom stereocenters. The van der Waals surface area contributed by atoms with Gasteiger partial charge >= 0.3 is 0 Å². The van der Waals surface area contributed by atoms with Crippen LogP contribution in [0.25, 0.3) is 5.65 Å². The van der Waals surface area contributed by atoms with Crippen LogP contribution in [0.2, 0.25) is 0 Å². The van der Waals surface area contributed by atoms with Gasteiger partial charge < -0.3 is 15.5 Å². The maximum absolute atomic E-state index is 12.2. The summed E-state index contributed by atoms with van der Waals surface area (Å²) in [6.45, 7) is 8.80. The molecule has 5 nitrogen and oxygen atoms in total. The minimum Gasteiger partial charge on any atom is -0.349 e. The third-order valence-electron chi connectivity index (χ3n) is 3.88. The van der Waals surface area contributed by atoms with E-state index in [4.69, 9.17) is 5.73 Å². The summed E-state index contributed by atoms with van der Waals surface area (Å²) >= 11 is 1.58. The molecule has 1 amide bonds. The highest BCUT2D eigenvalue weighted by molar-refractivity contribution is 7.99. The highest BCUT2D eigenvalue weighted by Crippen LogP contribution is 2.17. The quantitative estimate of drug-likeness (QED) is 0.683. The number of amides is 1. The van der Waals surface area contributed by atoms with Crippen molar-refractivity contribution in [1.82, 2.24) is 14.7 Å². The number of thioether (sulfide) groups is 1. The van der Waals surface area contributed by atoms with E-state index in [0.29, 0.717) is 18.2 Å². The van der Waals surface area contributed by atoms with Gasteiger partial charge in [-0.3, -0.25) is 4.79 Å². The van der Waals surface area contributed by atoms with Gasteiger partial charge in [0.1, 0.15) is 5.65 Å². The Morgan fingerprint density at radius 1 is 1.35 bits per heavy atom. The molecule has 0 bridgehead atoms. The molecule has 0 aliphatic carbocycles. The minimum absolute atomic E-state index is 0. The molecule has 0 aliphatic rings. The Morgan fingerprint density at radius 2 is 2.04 bits per heavy atom. The SMILES string of the molecule is Cc1ccc2nc(CSCC(=O)NC(C)(CN)CC(C)C)cn2c1.Cl.Cl. The lowest BCUT2D eigenvalue weighted by Crippen LogP contribution is -2.52. The summed E-state index contributed by atoms with van der Waals surface area (Å²) in [6.07, 6.45) is 4.96. The molecule has 2 rings (SSSR count). The molecule has 148 valence electrons. The van der Waals surface area contributed by atoms with E-state index in [2.05, 4.69) is 43.3 Å². The van der Waals surface area contributed by atoms with Gasteiger partial charge in [-0.2, -0.15) is 0 Å². The lowest BCUT2D eigenvalue weighted by Gasteiger charge is -2.31. The van der Waals surface area contributed by atoms with Gasteiger partial charge in [0.2, 0.25) is 5.91 Å². The van der Waals surface area contributed by atoms with E-state index in [1.54, 1.807) is 11.8 Å². The zero-order valence-corrected chi connectivity index (χ0v) is 18.3. The van der Waals surface area contributed by atoms with E-state index in [-0.39, 0.29) is 36.3 Å². The fourth-order valence-electron chi connectivity index (χ4n) is 2.93. The lowest BCUT2D eigenvalue weighted by atomic mass is 9.91. The number of aryl methyl sites for hydroxylation is 1. The summed E-state index contributed by atoms with van der Waals surface area (Å²) in [5.74, 6) is 1.67. The van der Waals surface area contributed by atoms with Gasteiger partial charge in [-0.25, -0.2) is 4.98 Å². The van der Waals surface area contributed by atoms with Crippen molar-refractivity contribution in [3.05, 3.63) is 35.8 Å². The molecular formula is C18H30Cl2N4OS. The highest BCUT2D eigenvalue weighted by Gasteiger charge is 2.25. The van der Waals surface area contributed by atoms with E-state index < -0.39 is 0 Å². The van der Waals surface area contributed by atoms with Crippen molar-refractivity contribution >= 4 is 48.1 Å². The first-order valence-electron chi connectivity index (χ1n) is 8.34. The predicted molar refractivity (Wildman–Crippen MR) is 116 cm³/mol. The first-order chi connectivity index (χ1) is 11.3. The first-order valence-corrected chi connectivity index (χ1v) is 9.50. The monoisotopic (exact) mass is 420 g/mol. The number of carbonyl (C=O) groups excluding carboxylic acids is 1. The minimum atomic E-state index is -0.327. The molecule has 0 aromatic carbocycles. The number of carbonyl (C=O) groups is 1. The van der Waals surface area contributed by atoms with Crippen LogP contribution in [0.15, 0.2) is 24.5 Å². The van der Waals surface area contributed by atoms with Crippen LogP contribution in [0.5, 0.6) is 0 Å². The fourth-order valence-corrected chi connectivity index (χ4v) is 3.64. The van der Waals surface area contributed by atoms with Gasteiger partial charge in [0.15, 0.2) is 0 Å². The van der Waals surface area contributed by atoms with Gasteiger partial charge in [0.05, 0.1) is 11.4 Å². The molecule has 2 aromatic heterocycles. The number of pyridine rings is 1. The van der Waals surface area contributed by atoms with Crippen molar-refractivity contribution in [3.63, 3.8) is 0 Å². The summed E-state index contributed by atoms with van der Waals surface area (Å²) in [6, 6.07) is 4.06. The second-order valence-electron chi connectivity index (χ2n) is 7.11. The van der Waals surface area contributed by atoms with Crippen LogP contribution in [-0.2, 0) is 10.5 Å². The van der Waals surface area contributed by atoms with Crippen LogP contribution < -0.4 is 11.1 Å². The largest absolute Gasteiger partial charge is 0.349 e. The van der Waals surface area contributed by atoms with Crippen LogP contribution in [0.4, 0.5) is 0 Å². The molecule has 2 heterocycles. The fraction of sp³-hybridized carbons (Fsp3) is 0.556. The number of hydrogen-bond acceptors (Lipinski definition) is 4. The molecular weight excluding hydrogens is 391 g/mol. The lowest BCUT2D eigenvalue weighted by molar-refractivity contribution is -0.120. The molecule has 2 aromatic rings. The second kappa shape index (κ2) is 11.0. The maximum Gasteiger partial charge on any atom is 0.230 e. The molecule has 3 N–H and O–H groups in total. The zero-order chi connectivity index (χ0) is 17.7. The average Bonchev–Trinajstić information content (AvgIpc) is 2.88. The molecule has 8 heteroatoms. The number of imidazole rings is 1. The van der Waals surface area contributed by atoms with Gasteiger partial charge in [-0.15, -0.1) is 36.6 Å². The number of fused-ring (bicyclic) bond motifs is 1. The Balaban J connectivity index is 0.00000312. The summed E-state index contributed by atoms with van der Waals surface area (Å²) < 4.78 is 2.03. The molecule has 0 saturated heterocycles. The second-order valence-corrected chi connectivity index (χ2v) is 8.09. The van der Waals surface area contributed by atoms with Crippen molar-refractivity contribution in [1.29, 1.82) is 0 Å². The number of halogens is 2. The van der Waals surface area contributed by atoms with Crippen LogP contribution in [0, 0.1) is 12.8 Å². The molecule has 0 spiro atoms. The number of hydrogen-bond donors (Lipinski definition) is 2. The van der Waals surface area contributed by atoms with E-state index in [1.165, 1.54) is 5.56 Å². The van der Waals surface area contributed by atoms with E-state index in [0.717, 1.165) is 23.5 Å². The third kappa shape index (κ3) is 7.35. The van der Waals surface area contributed by atoms with Gasteiger partial charge in [-0.1, -0.05) is 19.9 Å². The van der Waals surface area contributed by atoms with E-state index in [9.17, 15) is 4.79 Å². The summed E-state index contributed by atoms with van der Waals surface area (Å²) in [4.78, 5) is 16.8. The Kier molecular flexibility index (Phi) is 10.6. The normalized spacial score (nSPS) is 13.0. The van der Waals surface area contributed by atoms with E-state index in [1.807, 2.05) is 23.6 Å². The maximum atomic E-state index is 12.2. The number of rotatable bonds is 8. The predicted octanol–water partition coefficient (Wildman–Crippen LogP) is 3.60.